The SMILES string of the molecule is COc1ccc(-c2c(C(F)(F)F)[nH]n3c(=O)cc(CF)nc23)cc1OC. The number of rotatable bonds is 4. The average Bonchev–Trinajstić information content (AvgIpc) is 3.01. The van der Waals surface area contributed by atoms with Gasteiger partial charge in [-0.25, -0.2) is 13.9 Å². The summed E-state index contributed by atoms with van der Waals surface area (Å²) in [6, 6.07) is 4.95. The molecule has 10 heteroatoms. The molecule has 0 aliphatic carbocycles. The highest BCUT2D eigenvalue weighted by Crippen LogP contribution is 2.40. The van der Waals surface area contributed by atoms with Crippen LogP contribution in [0.4, 0.5) is 17.6 Å². The fraction of sp³-hybridized carbons (Fsp3) is 0.250. The van der Waals surface area contributed by atoms with E-state index in [9.17, 15) is 22.4 Å². The summed E-state index contributed by atoms with van der Waals surface area (Å²) < 4.78 is 64.3. The molecule has 1 N–H and O–H groups in total. The zero-order valence-electron chi connectivity index (χ0n) is 13.6. The molecule has 26 heavy (non-hydrogen) atoms. The van der Waals surface area contributed by atoms with Gasteiger partial charge in [0, 0.05) is 6.07 Å². The van der Waals surface area contributed by atoms with Gasteiger partial charge in [-0.2, -0.15) is 13.2 Å². The van der Waals surface area contributed by atoms with Gasteiger partial charge in [-0.05, 0) is 17.7 Å². The zero-order chi connectivity index (χ0) is 19.1. The van der Waals surface area contributed by atoms with E-state index in [-0.39, 0.29) is 28.2 Å². The van der Waals surface area contributed by atoms with E-state index in [1.165, 1.54) is 32.4 Å². The Morgan fingerprint density at radius 3 is 2.42 bits per heavy atom. The highest BCUT2D eigenvalue weighted by atomic mass is 19.4. The van der Waals surface area contributed by atoms with Crippen LogP contribution in [-0.4, -0.2) is 28.8 Å². The molecule has 0 saturated carbocycles. The first-order valence-electron chi connectivity index (χ1n) is 7.30. The minimum Gasteiger partial charge on any atom is -0.493 e. The van der Waals surface area contributed by atoms with Crippen LogP contribution < -0.4 is 15.0 Å². The number of nitrogens with zero attached hydrogens (tertiary/aromatic N) is 2. The van der Waals surface area contributed by atoms with Crippen molar-refractivity contribution in [2.45, 2.75) is 12.9 Å². The summed E-state index contributed by atoms with van der Waals surface area (Å²) in [7, 11) is 2.73. The smallest absolute Gasteiger partial charge is 0.433 e. The topological polar surface area (TPSA) is 68.6 Å². The lowest BCUT2D eigenvalue weighted by Crippen LogP contribution is -2.16. The summed E-state index contributed by atoms with van der Waals surface area (Å²) in [4.78, 5) is 15.9. The molecule has 0 aliphatic rings. The average molecular weight is 371 g/mol. The molecule has 0 bridgehead atoms. The molecule has 3 rings (SSSR count). The molecule has 3 aromatic rings. The molecule has 1 aromatic carbocycles. The maximum atomic E-state index is 13.5. The molecule has 138 valence electrons. The van der Waals surface area contributed by atoms with E-state index in [0.717, 1.165) is 6.07 Å². The Bertz CT molecular complexity index is 1020. The van der Waals surface area contributed by atoms with Crippen molar-refractivity contribution in [1.29, 1.82) is 0 Å². The molecule has 0 atom stereocenters. The third-order valence-corrected chi connectivity index (χ3v) is 3.76. The summed E-state index contributed by atoms with van der Waals surface area (Å²) in [5.41, 5.74) is -2.91. The number of aromatic amines is 1. The van der Waals surface area contributed by atoms with Crippen molar-refractivity contribution in [2.75, 3.05) is 14.2 Å². The molecule has 0 unspecified atom stereocenters. The number of aromatic nitrogens is 3. The van der Waals surface area contributed by atoms with E-state index in [1.54, 1.807) is 0 Å². The first-order chi connectivity index (χ1) is 12.3. The van der Waals surface area contributed by atoms with E-state index in [0.29, 0.717) is 10.3 Å². The third-order valence-electron chi connectivity index (χ3n) is 3.76. The van der Waals surface area contributed by atoms with Gasteiger partial charge in [-0.1, -0.05) is 6.07 Å². The molecule has 0 saturated heterocycles. The minimum absolute atomic E-state index is 0.0802. The Hall–Kier alpha value is -3.04. The normalized spacial score (nSPS) is 11.8. The summed E-state index contributed by atoms with van der Waals surface area (Å²) in [6.45, 7) is -1.08. The van der Waals surface area contributed by atoms with Gasteiger partial charge in [0.05, 0.1) is 25.5 Å². The first-order valence-corrected chi connectivity index (χ1v) is 7.30. The lowest BCUT2D eigenvalue weighted by Gasteiger charge is -2.11. The van der Waals surface area contributed by atoms with Gasteiger partial charge in [-0.15, -0.1) is 0 Å². The van der Waals surface area contributed by atoms with Crippen LogP contribution in [0, 0.1) is 0 Å². The number of fused-ring (bicyclic) bond motifs is 1. The van der Waals surface area contributed by atoms with Crippen molar-refractivity contribution in [3.05, 3.63) is 46.0 Å². The van der Waals surface area contributed by atoms with E-state index in [1.807, 2.05) is 5.10 Å². The van der Waals surface area contributed by atoms with Crippen molar-refractivity contribution in [1.82, 2.24) is 14.6 Å². The Balaban J connectivity index is 2.40. The first kappa shape index (κ1) is 17.8. The fourth-order valence-electron chi connectivity index (χ4n) is 2.62. The lowest BCUT2D eigenvalue weighted by molar-refractivity contribution is -0.140. The quantitative estimate of drug-likeness (QED) is 0.716. The van der Waals surface area contributed by atoms with Crippen LogP contribution in [0.3, 0.4) is 0 Å². The van der Waals surface area contributed by atoms with Gasteiger partial charge >= 0.3 is 6.18 Å². The van der Waals surface area contributed by atoms with Crippen molar-refractivity contribution in [2.24, 2.45) is 0 Å². The monoisotopic (exact) mass is 371 g/mol. The molecule has 0 radical (unpaired) electrons. The highest BCUT2D eigenvalue weighted by Gasteiger charge is 2.38. The van der Waals surface area contributed by atoms with Crippen LogP contribution in [0.1, 0.15) is 11.4 Å². The molecular weight excluding hydrogens is 358 g/mol. The van der Waals surface area contributed by atoms with Gasteiger partial charge in [0.15, 0.2) is 17.1 Å². The number of H-pyrrole nitrogens is 1. The summed E-state index contributed by atoms with van der Waals surface area (Å²) in [5, 5.41) is 2.01. The Morgan fingerprint density at radius 2 is 1.85 bits per heavy atom. The number of hydrogen-bond donors (Lipinski definition) is 1. The number of alkyl halides is 4. The van der Waals surface area contributed by atoms with E-state index in [2.05, 4.69) is 4.98 Å². The number of methoxy groups -OCH3 is 2. The Morgan fingerprint density at radius 1 is 1.15 bits per heavy atom. The Labute approximate surface area is 144 Å². The van der Waals surface area contributed by atoms with E-state index in [4.69, 9.17) is 9.47 Å². The van der Waals surface area contributed by atoms with Crippen LogP contribution in [0.2, 0.25) is 0 Å². The summed E-state index contributed by atoms with van der Waals surface area (Å²) in [5.74, 6) is 0.515. The van der Waals surface area contributed by atoms with E-state index >= 15 is 0 Å². The summed E-state index contributed by atoms with van der Waals surface area (Å²) >= 11 is 0. The molecule has 0 spiro atoms. The fourth-order valence-corrected chi connectivity index (χ4v) is 2.62. The largest absolute Gasteiger partial charge is 0.493 e. The van der Waals surface area contributed by atoms with Gasteiger partial charge < -0.3 is 9.47 Å². The summed E-state index contributed by atoms with van der Waals surface area (Å²) in [6.07, 6.45) is -4.79. The van der Waals surface area contributed by atoms with Crippen molar-refractivity contribution in [3.8, 4) is 22.6 Å². The molecule has 6 nitrogen and oxygen atoms in total. The van der Waals surface area contributed by atoms with Crippen molar-refractivity contribution < 1.29 is 27.0 Å². The van der Waals surface area contributed by atoms with Crippen molar-refractivity contribution in [3.63, 3.8) is 0 Å². The number of ether oxygens (including phenoxy) is 2. The predicted octanol–water partition coefficient (Wildman–Crippen LogP) is 3.20. The zero-order valence-corrected chi connectivity index (χ0v) is 13.6. The maximum absolute atomic E-state index is 13.5. The third kappa shape index (κ3) is 2.87. The van der Waals surface area contributed by atoms with Crippen LogP contribution >= 0.6 is 0 Å². The lowest BCUT2D eigenvalue weighted by atomic mass is 10.0. The second-order valence-corrected chi connectivity index (χ2v) is 5.31. The maximum Gasteiger partial charge on any atom is 0.433 e. The van der Waals surface area contributed by atoms with Crippen LogP contribution in [-0.2, 0) is 12.9 Å². The number of halogens is 4. The van der Waals surface area contributed by atoms with Gasteiger partial charge in [-0.3, -0.25) is 9.89 Å². The van der Waals surface area contributed by atoms with Gasteiger partial charge in [0.1, 0.15) is 12.4 Å². The number of benzene rings is 1. The number of hydrogen-bond acceptors (Lipinski definition) is 4. The van der Waals surface area contributed by atoms with Gasteiger partial charge in [0.25, 0.3) is 5.56 Å². The molecule has 2 heterocycles. The molecule has 0 amide bonds. The standard InChI is InChI=1S/C16H13F4N3O3/c1-25-10-4-3-8(5-11(10)26-2)13-14(16(18,19)20)22-23-12(24)6-9(7-17)21-15(13)23/h3-6,22H,7H2,1-2H3. The predicted molar refractivity (Wildman–Crippen MR) is 84.2 cm³/mol. The van der Waals surface area contributed by atoms with E-state index < -0.39 is 24.1 Å². The molecule has 0 aliphatic heterocycles. The van der Waals surface area contributed by atoms with Crippen LogP contribution in [0.5, 0.6) is 11.5 Å². The molecular formula is C16H13F4N3O3. The second-order valence-electron chi connectivity index (χ2n) is 5.31. The second kappa shape index (κ2) is 6.36. The Kier molecular flexibility index (Phi) is 4.34. The number of nitrogens with one attached hydrogen (secondary N) is 1. The highest BCUT2D eigenvalue weighted by molar-refractivity contribution is 5.81. The van der Waals surface area contributed by atoms with Crippen LogP contribution in [0.15, 0.2) is 29.1 Å². The molecule has 0 fully saturated rings. The molecule has 2 aromatic heterocycles. The van der Waals surface area contributed by atoms with Gasteiger partial charge in [0.2, 0.25) is 0 Å². The minimum atomic E-state index is -4.79. The van der Waals surface area contributed by atoms with Crippen molar-refractivity contribution >= 4 is 5.65 Å². The van der Waals surface area contributed by atoms with Crippen LogP contribution in [0.25, 0.3) is 16.8 Å².